The first kappa shape index (κ1) is 21.5. The van der Waals surface area contributed by atoms with Gasteiger partial charge in [-0.1, -0.05) is 0 Å². The molecule has 0 aliphatic heterocycles. The molecule has 1 aromatic carbocycles. The Morgan fingerprint density at radius 1 is 0.808 bits per heavy atom. The zero-order valence-corrected chi connectivity index (χ0v) is 20.1. The maximum atomic E-state index is 4.79. The van der Waals surface area contributed by atoms with Gasteiger partial charge in [0.2, 0.25) is 0 Å². The van der Waals surface area contributed by atoms with Crippen molar-refractivity contribution in [2.75, 3.05) is 0 Å². The third-order valence-corrected chi connectivity index (χ3v) is 21.3. The number of hydrogen-bond acceptors (Lipinski definition) is 1. The van der Waals surface area contributed by atoms with Gasteiger partial charge in [-0.05, 0) is 0 Å². The molecule has 0 aliphatic rings. The van der Waals surface area contributed by atoms with Crippen molar-refractivity contribution in [1.82, 2.24) is 9.78 Å². The van der Waals surface area contributed by atoms with Crippen molar-refractivity contribution in [2.45, 2.75) is 85.6 Å². The van der Waals surface area contributed by atoms with Crippen LogP contribution in [0.2, 0.25) is 13.3 Å². The molecule has 2 aromatic rings. The SMILES string of the molecule is CCC[CH2][Sn]([CH2]CCC)([CH2]CCC)[c]1ccnn1CCc1ccccc1. The van der Waals surface area contributed by atoms with Gasteiger partial charge in [0, 0.05) is 0 Å². The second-order valence-electron chi connectivity index (χ2n) is 7.77. The van der Waals surface area contributed by atoms with Crippen molar-refractivity contribution < 1.29 is 0 Å². The van der Waals surface area contributed by atoms with Crippen LogP contribution in [0.15, 0.2) is 42.6 Å². The van der Waals surface area contributed by atoms with Crippen molar-refractivity contribution in [1.29, 1.82) is 0 Å². The van der Waals surface area contributed by atoms with Gasteiger partial charge in [-0.2, -0.15) is 0 Å². The molecule has 26 heavy (non-hydrogen) atoms. The van der Waals surface area contributed by atoms with Crippen LogP contribution < -0.4 is 3.71 Å². The van der Waals surface area contributed by atoms with Crippen molar-refractivity contribution in [3.8, 4) is 0 Å². The van der Waals surface area contributed by atoms with Crippen molar-refractivity contribution in [3.63, 3.8) is 0 Å². The van der Waals surface area contributed by atoms with Gasteiger partial charge in [0.25, 0.3) is 0 Å². The van der Waals surface area contributed by atoms with Crippen LogP contribution in [0.5, 0.6) is 0 Å². The van der Waals surface area contributed by atoms with Crippen LogP contribution in [0.25, 0.3) is 0 Å². The van der Waals surface area contributed by atoms with Gasteiger partial charge >= 0.3 is 166 Å². The Labute approximate surface area is 165 Å². The fraction of sp³-hybridized carbons (Fsp3) is 0.609. The van der Waals surface area contributed by atoms with E-state index in [1.165, 1.54) is 57.4 Å². The molecule has 0 radical (unpaired) electrons. The summed E-state index contributed by atoms with van der Waals surface area (Å²) in [6.45, 7) is 8.09. The molecule has 1 aromatic heterocycles. The van der Waals surface area contributed by atoms with Gasteiger partial charge in [-0.25, -0.2) is 0 Å². The zero-order valence-electron chi connectivity index (χ0n) is 17.2. The number of nitrogens with zero attached hydrogens (tertiary/aromatic N) is 2. The van der Waals surface area contributed by atoms with Crippen LogP contribution in [-0.2, 0) is 13.0 Å². The summed E-state index contributed by atoms with van der Waals surface area (Å²) in [5.41, 5.74) is 1.42. The minimum absolute atomic E-state index is 1.04. The molecule has 3 heteroatoms. The number of unbranched alkanes of at least 4 members (excludes halogenated alkanes) is 3. The van der Waals surface area contributed by atoms with E-state index >= 15 is 0 Å². The van der Waals surface area contributed by atoms with E-state index in [1.54, 1.807) is 3.71 Å². The molecule has 0 saturated heterocycles. The van der Waals surface area contributed by atoms with E-state index < -0.39 is 18.4 Å². The summed E-state index contributed by atoms with van der Waals surface area (Å²) in [5.74, 6) is 0. The average Bonchev–Trinajstić information content (AvgIpc) is 3.16. The molecule has 2 rings (SSSR count). The Morgan fingerprint density at radius 3 is 1.92 bits per heavy atom. The van der Waals surface area contributed by atoms with Gasteiger partial charge in [0.15, 0.2) is 0 Å². The second-order valence-corrected chi connectivity index (χ2v) is 20.8. The third-order valence-electron chi connectivity index (χ3n) is 5.74. The molecular formula is C23H38N2Sn. The minimum atomic E-state index is -2.38. The molecule has 0 aliphatic carbocycles. The fourth-order valence-electron chi connectivity index (χ4n) is 4.15. The number of rotatable bonds is 13. The van der Waals surface area contributed by atoms with E-state index in [0.29, 0.717) is 0 Å². The van der Waals surface area contributed by atoms with Crippen LogP contribution in [0.1, 0.15) is 64.9 Å². The van der Waals surface area contributed by atoms with Crippen LogP contribution in [-0.4, -0.2) is 28.2 Å². The Hall–Kier alpha value is -0.771. The molecule has 2 nitrogen and oxygen atoms in total. The second kappa shape index (κ2) is 11.8. The first-order valence-corrected chi connectivity index (χ1v) is 18.3. The van der Waals surface area contributed by atoms with Gasteiger partial charge in [-0.3, -0.25) is 0 Å². The number of hydrogen-bond donors (Lipinski definition) is 0. The Kier molecular flexibility index (Phi) is 9.80. The first-order chi connectivity index (χ1) is 12.8. The molecule has 0 saturated carbocycles. The van der Waals surface area contributed by atoms with Gasteiger partial charge in [-0.15, -0.1) is 0 Å². The van der Waals surface area contributed by atoms with E-state index in [9.17, 15) is 0 Å². The average molecular weight is 461 g/mol. The number of benzene rings is 1. The van der Waals surface area contributed by atoms with Gasteiger partial charge in [0.1, 0.15) is 0 Å². The standard InChI is InChI=1S/C11H11N2.3C4H9.Sn/c1-2-5-11(6-3-1)7-10-13-9-4-8-12-13;3*1-3-4-2;/h1-6,8H,7,10H2;3*1,3-4H2,2H3;. The topological polar surface area (TPSA) is 17.8 Å². The molecule has 0 spiro atoms. The Balaban J connectivity index is 2.23. The molecule has 0 atom stereocenters. The van der Waals surface area contributed by atoms with Crippen molar-refractivity contribution in [3.05, 3.63) is 48.2 Å². The Bertz CT molecular complexity index is 584. The molecule has 0 N–H and O–H groups in total. The summed E-state index contributed by atoms with van der Waals surface area (Å²) in [6, 6.07) is 13.3. The van der Waals surface area contributed by atoms with Gasteiger partial charge < -0.3 is 0 Å². The first-order valence-electron chi connectivity index (χ1n) is 10.8. The maximum absolute atomic E-state index is 4.79. The van der Waals surface area contributed by atoms with Crippen LogP contribution in [0.3, 0.4) is 0 Å². The third kappa shape index (κ3) is 6.14. The zero-order chi connectivity index (χ0) is 18.7. The normalized spacial score (nSPS) is 11.8. The van der Waals surface area contributed by atoms with Crippen LogP contribution in [0.4, 0.5) is 0 Å². The summed E-state index contributed by atoms with van der Waals surface area (Å²) in [7, 11) is 0. The molecule has 1 heterocycles. The quantitative estimate of drug-likeness (QED) is 0.326. The van der Waals surface area contributed by atoms with Crippen molar-refractivity contribution >= 4 is 22.1 Å². The molecule has 0 fully saturated rings. The van der Waals surface area contributed by atoms with Crippen LogP contribution in [0, 0.1) is 0 Å². The summed E-state index contributed by atoms with van der Waals surface area (Å²) < 4.78 is 8.65. The fourth-order valence-corrected chi connectivity index (χ4v) is 20.6. The number of aromatic nitrogens is 2. The predicted molar refractivity (Wildman–Crippen MR) is 117 cm³/mol. The van der Waals surface area contributed by atoms with E-state index in [2.05, 4.69) is 68.0 Å². The van der Waals surface area contributed by atoms with Crippen molar-refractivity contribution in [2.24, 2.45) is 0 Å². The molecular weight excluding hydrogens is 423 g/mol. The number of aryl methyl sites for hydroxylation is 2. The van der Waals surface area contributed by atoms with E-state index in [-0.39, 0.29) is 0 Å². The van der Waals surface area contributed by atoms with E-state index in [1.807, 2.05) is 0 Å². The molecule has 0 bridgehead atoms. The van der Waals surface area contributed by atoms with E-state index in [4.69, 9.17) is 5.10 Å². The molecule has 144 valence electrons. The monoisotopic (exact) mass is 462 g/mol. The summed E-state index contributed by atoms with van der Waals surface area (Å²) in [5, 5.41) is 4.79. The van der Waals surface area contributed by atoms with Gasteiger partial charge in [0.05, 0.1) is 0 Å². The molecule has 0 unspecified atom stereocenters. The van der Waals surface area contributed by atoms with E-state index in [0.717, 1.165) is 13.0 Å². The summed E-state index contributed by atoms with van der Waals surface area (Å²) in [6.07, 6.45) is 11.4. The predicted octanol–water partition coefficient (Wildman–Crippen LogP) is 6.18. The molecule has 0 amide bonds. The summed E-state index contributed by atoms with van der Waals surface area (Å²) in [4.78, 5) is 0. The summed E-state index contributed by atoms with van der Waals surface area (Å²) >= 11 is -2.38. The Morgan fingerprint density at radius 2 is 1.38 bits per heavy atom. The van der Waals surface area contributed by atoms with Crippen LogP contribution >= 0.6 is 0 Å².